The van der Waals surface area contributed by atoms with Crippen LogP contribution in [0.4, 0.5) is 0 Å². The van der Waals surface area contributed by atoms with Crippen molar-refractivity contribution in [1.29, 1.82) is 0 Å². The van der Waals surface area contributed by atoms with Crippen LogP contribution in [0, 0.1) is 11.8 Å². The van der Waals surface area contributed by atoms with Crippen molar-refractivity contribution >= 4 is 38.9 Å². The Morgan fingerprint density at radius 1 is 1.36 bits per heavy atom. The van der Waals surface area contributed by atoms with Crippen LogP contribution in [0.5, 0.6) is 0 Å². The van der Waals surface area contributed by atoms with Crippen molar-refractivity contribution in [2.75, 3.05) is 6.26 Å². The zero-order chi connectivity index (χ0) is 15.3. The second-order valence-electron chi connectivity index (χ2n) is 6.14. The highest BCUT2D eigenvalue weighted by atomic mass is 79.9. The summed E-state index contributed by atoms with van der Waals surface area (Å²) in [6.45, 7) is 2.27. The molecule has 2 aliphatic rings. The normalized spacial score (nSPS) is 21.9. The molecule has 0 saturated heterocycles. The third-order valence-corrected chi connectivity index (χ3v) is 5.80. The summed E-state index contributed by atoms with van der Waals surface area (Å²) in [6.07, 6.45) is 12.7. The van der Waals surface area contributed by atoms with Gasteiger partial charge in [0.2, 0.25) is 0 Å². The molecule has 0 radical (unpaired) electrons. The summed E-state index contributed by atoms with van der Waals surface area (Å²) >= 11 is 5.21. The molecule has 0 aromatic carbocycles. The first-order valence-electron chi connectivity index (χ1n) is 7.64. The molecule has 0 amide bonds. The Bertz CT molecular complexity index is 802. The average molecular weight is 376 g/mol. The molecule has 5 heteroatoms. The van der Waals surface area contributed by atoms with Gasteiger partial charge >= 0.3 is 0 Å². The molecule has 2 aromatic heterocycles. The van der Waals surface area contributed by atoms with Gasteiger partial charge < -0.3 is 0 Å². The first kappa shape index (κ1) is 14.5. The fourth-order valence-corrected chi connectivity index (χ4v) is 4.44. The van der Waals surface area contributed by atoms with E-state index in [4.69, 9.17) is 0 Å². The Hall–Kier alpha value is -1.07. The van der Waals surface area contributed by atoms with Crippen molar-refractivity contribution in [2.45, 2.75) is 31.1 Å². The molecular weight excluding hydrogens is 358 g/mol. The molecule has 0 N–H and O–H groups in total. The molecule has 3 nitrogen and oxygen atoms in total. The molecule has 0 spiro atoms. The number of thioether (sulfide) groups is 1. The van der Waals surface area contributed by atoms with Crippen LogP contribution >= 0.6 is 27.7 Å². The van der Waals surface area contributed by atoms with E-state index in [9.17, 15) is 0 Å². The van der Waals surface area contributed by atoms with Crippen LogP contribution in [-0.4, -0.2) is 20.9 Å². The molecule has 1 saturated carbocycles. The number of rotatable bonds is 3. The highest BCUT2D eigenvalue weighted by Crippen LogP contribution is 2.45. The maximum atomic E-state index is 4.60. The van der Waals surface area contributed by atoms with Gasteiger partial charge in [-0.15, -0.1) is 11.8 Å². The second-order valence-corrected chi connectivity index (χ2v) is 7.80. The molecule has 22 heavy (non-hydrogen) atoms. The molecule has 1 fully saturated rings. The lowest BCUT2D eigenvalue weighted by atomic mass is 9.85. The Morgan fingerprint density at radius 3 is 2.86 bits per heavy atom. The quantitative estimate of drug-likeness (QED) is 0.709. The van der Waals surface area contributed by atoms with E-state index >= 15 is 0 Å². The number of imidazole rings is 1. The predicted octanol–water partition coefficient (Wildman–Crippen LogP) is 4.97. The molecule has 0 aliphatic heterocycles. The van der Waals surface area contributed by atoms with Gasteiger partial charge in [-0.05, 0) is 71.8 Å². The van der Waals surface area contributed by atoms with E-state index in [1.807, 2.05) is 16.8 Å². The van der Waals surface area contributed by atoms with Crippen LogP contribution in [0.2, 0.25) is 0 Å². The average Bonchev–Trinajstić information content (AvgIpc) is 3.26. The molecule has 2 aliphatic carbocycles. The molecule has 1 atom stereocenters. The highest BCUT2D eigenvalue weighted by Gasteiger charge is 2.33. The van der Waals surface area contributed by atoms with E-state index in [1.54, 1.807) is 11.8 Å². The Balaban J connectivity index is 1.77. The number of hydrogen-bond donors (Lipinski definition) is 0. The number of allylic oxidation sites excluding steroid dienone is 4. The Labute approximate surface area is 143 Å². The molecule has 4 rings (SSSR count). The first-order valence-corrected chi connectivity index (χ1v) is 9.66. The van der Waals surface area contributed by atoms with Gasteiger partial charge in [0, 0.05) is 0 Å². The van der Waals surface area contributed by atoms with Gasteiger partial charge in [-0.25, -0.2) is 9.50 Å². The van der Waals surface area contributed by atoms with Gasteiger partial charge in [-0.3, -0.25) is 0 Å². The van der Waals surface area contributed by atoms with Gasteiger partial charge in [-0.1, -0.05) is 17.7 Å². The van der Waals surface area contributed by atoms with Crippen molar-refractivity contribution in [1.82, 2.24) is 14.6 Å². The lowest BCUT2D eigenvalue weighted by Gasteiger charge is -2.21. The fourth-order valence-electron chi connectivity index (χ4n) is 3.35. The second kappa shape index (κ2) is 5.53. The summed E-state index contributed by atoms with van der Waals surface area (Å²) < 4.78 is 2.81. The van der Waals surface area contributed by atoms with Crippen LogP contribution in [0.1, 0.15) is 31.9 Å². The zero-order valence-corrected chi connectivity index (χ0v) is 15.1. The highest BCUT2D eigenvalue weighted by molar-refractivity contribution is 9.10. The van der Waals surface area contributed by atoms with E-state index in [2.05, 4.69) is 51.3 Å². The van der Waals surface area contributed by atoms with Gasteiger partial charge in [0.15, 0.2) is 5.65 Å². The summed E-state index contributed by atoms with van der Waals surface area (Å²) in [5.41, 5.74) is 4.77. The molecule has 1 unspecified atom stereocenters. The number of hydrogen-bond acceptors (Lipinski definition) is 3. The molecule has 0 bridgehead atoms. The Kier molecular flexibility index (Phi) is 3.65. The summed E-state index contributed by atoms with van der Waals surface area (Å²) in [6, 6.07) is 2.02. The van der Waals surface area contributed by atoms with Crippen molar-refractivity contribution < 1.29 is 0 Å². The topological polar surface area (TPSA) is 30.2 Å². The molecular formula is C17H18BrN3S. The molecule has 2 heterocycles. The largest absolute Gasteiger partial charge is 0.234 e. The SMILES string of the molecule is CSc1cc(Br)nn2c(C3=CCC(C4CC4)C(C)=C3)cnc12. The Morgan fingerprint density at radius 2 is 2.18 bits per heavy atom. The maximum absolute atomic E-state index is 4.60. The standard InChI is InChI=1S/C17H18BrN3S/c1-10-7-12(5-6-13(10)11-3-4-11)14-9-19-17-15(22-2)8-16(18)20-21(14)17/h5,7-9,11,13H,3-4,6H2,1-2H3. The van der Waals surface area contributed by atoms with Gasteiger partial charge in [0.25, 0.3) is 0 Å². The van der Waals surface area contributed by atoms with Crippen molar-refractivity contribution in [3.63, 3.8) is 0 Å². The van der Waals surface area contributed by atoms with Crippen LogP contribution in [-0.2, 0) is 0 Å². The van der Waals surface area contributed by atoms with Crippen LogP contribution in [0.15, 0.2) is 39.5 Å². The first-order chi connectivity index (χ1) is 10.7. The predicted molar refractivity (Wildman–Crippen MR) is 95.0 cm³/mol. The van der Waals surface area contributed by atoms with Crippen molar-refractivity contribution in [3.05, 3.63) is 40.3 Å². The summed E-state index contributed by atoms with van der Waals surface area (Å²) in [5.74, 6) is 1.68. The third kappa shape index (κ3) is 2.44. The van der Waals surface area contributed by atoms with E-state index < -0.39 is 0 Å². The van der Waals surface area contributed by atoms with Crippen LogP contribution in [0.3, 0.4) is 0 Å². The number of halogens is 1. The maximum Gasteiger partial charge on any atom is 0.167 e. The smallest absolute Gasteiger partial charge is 0.167 e. The van der Waals surface area contributed by atoms with E-state index in [0.29, 0.717) is 0 Å². The lowest BCUT2D eigenvalue weighted by molar-refractivity contribution is 0.540. The van der Waals surface area contributed by atoms with Crippen LogP contribution in [0.25, 0.3) is 11.2 Å². The third-order valence-electron chi connectivity index (χ3n) is 4.67. The van der Waals surface area contributed by atoms with Crippen molar-refractivity contribution in [2.24, 2.45) is 11.8 Å². The van der Waals surface area contributed by atoms with Gasteiger partial charge in [-0.2, -0.15) is 5.10 Å². The zero-order valence-electron chi connectivity index (χ0n) is 12.7. The summed E-state index contributed by atoms with van der Waals surface area (Å²) in [7, 11) is 0. The minimum atomic E-state index is 0.754. The number of fused-ring (bicyclic) bond motifs is 1. The summed E-state index contributed by atoms with van der Waals surface area (Å²) in [4.78, 5) is 5.73. The fraction of sp³-hybridized carbons (Fsp3) is 0.412. The van der Waals surface area contributed by atoms with E-state index in [-0.39, 0.29) is 0 Å². The molecule has 114 valence electrons. The van der Waals surface area contributed by atoms with Gasteiger partial charge in [0.1, 0.15) is 4.60 Å². The minimum absolute atomic E-state index is 0.754. The number of nitrogens with zero attached hydrogens (tertiary/aromatic N) is 3. The minimum Gasteiger partial charge on any atom is -0.234 e. The van der Waals surface area contributed by atoms with E-state index in [1.165, 1.54) is 24.0 Å². The lowest BCUT2D eigenvalue weighted by Crippen LogP contribution is -2.08. The number of aromatic nitrogens is 3. The van der Waals surface area contributed by atoms with Crippen LogP contribution < -0.4 is 0 Å². The monoisotopic (exact) mass is 375 g/mol. The van der Waals surface area contributed by atoms with Crippen molar-refractivity contribution in [3.8, 4) is 0 Å². The molecule has 2 aromatic rings. The van der Waals surface area contributed by atoms with Gasteiger partial charge in [0.05, 0.1) is 16.8 Å². The summed E-state index contributed by atoms with van der Waals surface area (Å²) in [5, 5.41) is 4.60. The van der Waals surface area contributed by atoms with E-state index in [0.717, 1.165) is 39.1 Å².